The fraction of sp³-hybridized carbons (Fsp3) is 0.625. The van der Waals surface area contributed by atoms with Crippen LogP contribution in [-0.2, 0) is 4.74 Å². The maximum atomic E-state index is 10.2. The first-order valence-electron chi connectivity index (χ1n) is 6.97. The summed E-state index contributed by atoms with van der Waals surface area (Å²) in [4.78, 5) is 0. The van der Waals surface area contributed by atoms with E-state index in [-0.39, 0.29) is 6.10 Å². The van der Waals surface area contributed by atoms with Gasteiger partial charge in [-0.2, -0.15) is 0 Å². The second-order valence-corrected chi connectivity index (χ2v) is 5.51. The minimum Gasteiger partial charge on any atom is -0.388 e. The van der Waals surface area contributed by atoms with E-state index in [1.807, 2.05) is 13.0 Å². The molecule has 0 spiro atoms. The SMILES string of the molecule is CCOC1CC(CC(O)c2ccc(C)c(C)c2)C1. The van der Waals surface area contributed by atoms with Crippen LogP contribution in [0.2, 0.25) is 0 Å². The summed E-state index contributed by atoms with van der Waals surface area (Å²) in [5.74, 6) is 0.623. The van der Waals surface area contributed by atoms with Crippen molar-refractivity contribution in [2.75, 3.05) is 6.61 Å². The normalized spacial score (nSPS) is 24.7. The minimum absolute atomic E-state index is 0.322. The lowest BCUT2D eigenvalue weighted by Crippen LogP contribution is -2.32. The van der Waals surface area contributed by atoms with Crippen LogP contribution in [0.5, 0.6) is 0 Å². The van der Waals surface area contributed by atoms with Crippen molar-refractivity contribution in [3.05, 3.63) is 34.9 Å². The highest BCUT2D eigenvalue weighted by Crippen LogP contribution is 2.37. The highest BCUT2D eigenvalue weighted by molar-refractivity contribution is 5.31. The van der Waals surface area contributed by atoms with Gasteiger partial charge in [-0.25, -0.2) is 0 Å². The van der Waals surface area contributed by atoms with E-state index in [1.165, 1.54) is 11.1 Å². The van der Waals surface area contributed by atoms with Crippen molar-refractivity contribution in [1.29, 1.82) is 0 Å². The summed E-state index contributed by atoms with van der Waals surface area (Å²) in [5.41, 5.74) is 3.59. The van der Waals surface area contributed by atoms with E-state index in [0.29, 0.717) is 12.0 Å². The lowest BCUT2D eigenvalue weighted by atomic mass is 9.77. The molecule has 0 saturated heterocycles. The fourth-order valence-corrected chi connectivity index (χ4v) is 2.66. The molecule has 1 aliphatic carbocycles. The predicted molar refractivity (Wildman–Crippen MR) is 73.6 cm³/mol. The summed E-state index contributed by atoms with van der Waals surface area (Å²) in [6.45, 7) is 7.04. The van der Waals surface area contributed by atoms with E-state index < -0.39 is 0 Å². The predicted octanol–water partition coefficient (Wildman–Crippen LogP) is 3.54. The van der Waals surface area contributed by atoms with Gasteiger partial charge >= 0.3 is 0 Å². The van der Waals surface area contributed by atoms with Gasteiger partial charge in [-0.3, -0.25) is 0 Å². The molecule has 0 heterocycles. The Morgan fingerprint density at radius 2 is 2.00 bits per heavy atom. The molecule has 2 heteroatoms. The molecule has 2 rings (SSSR count). The molecule has 1 aromatic carbocycles. The topological polar surface area (TPSA) is 29.5 Å². The molecule has 1 N–H and O–H groups in total. The molecular formula is C16H24O2. The lowest BCUT2D eigenvalue weighted by molar-refractivity contribution is -0.0380. The zero-order chi connectivity index (χ0) is 13.1. The molecule has 1 aromatic rings. The van der Waals surface area contributed by atoms with Crippen molar-refractivity contribution < 1.29 is 9.84 Å². The fourth-order valence-electron chi connectivity index (χ4n) is 2.66. The molecule has 0 bridgehead atoms. The molecule has 100 valence electrons. The first kappa shape index (κ1) is 13.6. The quantitative estimate of drug-likeness (QED) is 0.863. The first-order chi connectivity index (χ1) is 8.60. The van der Waals surface area contributed by atoms with Gasteiger partial charge in [-0.1, -0.05) is 18.2 Å². The van der Waals surface area contributed by atoms with Gasteiger partial charge in [0.15, 0.2) is 0 Å². The molecule has 1 aliphatic rings. The lowest BCUT2D eigenvalue weighted by Gasteiger charge is -2.36. The van der Waals surface area contributed by atoms with Crippen molar-refractivity contribution >= 4 is 0 Å². The molecule has 2 nitrogen and oxygen atoms in total. The Balaban J connectivity index is 1.85. The number of aliphatic hydroxyl groups excluding tert-OH is 1. The highest BCUT2D eigenvalue weighted by Gasteiger charge is 2.31. The summed E-state index contributed by atoms with van der Waals surface area (Å²) in [7, 11) is 0. The largest absolute Gasteiger partial charge is 0.388 e. The van der Waals surface area contributed by atoms with Crippen molar-refractivity contribution in [2.45, 2.75) is 52.2 Å². The third kappa shape index (κ3) is 3.12. The van der Waals surface area contributed by atoms with Gasteiger partial charge < -0.3 is 9.84 Å². The van der Waals surface area contributed by atoms with Gasteiger partial charge in [0.1, 0.15) is 0 Å². The molecule has 18 heavy (non-hydrogen) atoms. The van der Waals surface area contributed by atoms with Gasteiger partial charge in [0, 0.05) is 6.61 Å². The number of hydrogen-bond donors (Lipinski definition) is 1. The van der Waals surface area contributed by atoms with Gasteiger partial charge in [0.25, 0.3) is 0 Å². The molecule has 1 saturated carbocycles. The highest BCUT2D eigenvalue weighted by atomic mass is 16.5. The van der Waals surface area contributed by atoms with Crippen LogP contribution >= 0.6 is 0 Å². The number of benzene rings is 1. The maximum absolute atomic E-state index is 10.2. The van der Waals surface area contributed by atoms with Crippen LogP contribution in [-0.4, -0.2) is 17.8 Å². The van der Waals surface area contributed by atoms with Gasteiger partial charge in [0.2, 0.25) is 0 Å². The Bertz CT molecular complexity index is 394. The monoisotopic (exact) mass is 248 g/mol. The number of aryl methyl sites for hydroxylation is 2. The second-order valence-electron chi connectivity index (χ2n) is 5.51. The molecule has 0 aliphatic heterocycles. The minimum atomic E-state index is -0.322. The molecule has 0 aromatic heterocycles. The number of rotatable bonds is 5. The van der Waals surface area contributed by atoms with Crippen molar-refractivity contribution in [3.63, 3.8) is 0 Å². The van der Waals surface area contributed by atoms with Gasteiger partial charge in [-0.15, -0.1) is 0 Å². The van der Waals surface area contributed by atoms with Crippen LogP contribution < -0.4 is 0 Å². The van der Waals surface area contributed by atoms with Crippen molar-refractivity contribution in [2.24, 2.45) is 5.92 Å². The second kappa shape index (κ2) is 5.85. The summed E-state index contributed by atoms with van der Waals surface area (Å²) in [6, 6.07) is 6.25. The van der Waals surface area contributed by atoms with Crippen molar-refractivity contribution in [3.8, 4) is 0 Å². The summed E-state index contributed by atoms with van der Waals surface area (Å²) in [5, 5.41) is 10.2. The van der Waals surface area contributed by atoms with Crippen LogP contribution in [0.4, 0.5) is 0 Å². The smallest absolute Gasteiger partial charge is 0.0792 e. The number of hydrogen-bond acceptors (Lipinski definition) is 2. The van der Waals surface area contributed by atoms with Crippen LogP contribution in [0.1, 0.15) is 49.0 Å². The molecule has 1 fully saturated rings. The standard InChI is InChI=1S/C16H24O2/c1-4-18-15-8-13(9-15)10-16(17)14-6-5-11(2)12(3)7-14/h5-7,13,15-17H,4,8-10H2,1-3H3. The van der Waals surface area contributed by atoms with Crippen LogP contribution in [0.25, 0.3) is 0 Å². The zero-order valence-electron chi connectivity index (χ0n) is 11.6. The van der Waals surface area contributed by atoms with Crippen LogP contribution in [0.15, 0.2) is 18.2 Å². The van der Waals surface area contributed by atoms with E-state index in [2.05, 4.69) is 26.0 Å². The first-order valence-corrected chi connectivity index (χ1v) is 6.97. The molecule has 1 unspecified atom stereocenters. The van der Waals surface area contributed by atoms with E-state index in [9.17, 15) is 5.11 Å². The van der Waals surface area contributed by atoms with Crippen LogP contribution in [0, 0.1) is 19.8 Å². The Labute approximate surface area is 110 Å². The van der Waals surface area contributed by atoms with E-state index in [4.69, 9.17) is 4.74 Å². The maximum Gasteiger partial charge on any atom is 0.0792 e. The average Bonchev–Trinajstić information content (AvgIpc) is 2.30. The third-order valence-electron chi connectivity index (χ3n) is 4.07. The van der Waals surface area contributed by atoms with Crippen molar-refractivity contribution in [1.82, 2.24) is 0 Å². The Kier molecular flexibility index (Phi) is 4.41. The summed E-state index contributed by atoms with van der Waals surface area (Å²) >= 11 is 0. The zero-order valence-corrected chi connectivity index (χ0v) is 11.6. The summed E-state index contributed by atoms with van der Waals surface area (Å²) in [6.07, 6.45) is 3.20. The Hall–Kier alpha value is -0.860. The van der Waals surface area contributed by atoms with E-state index in [1.54, 1.807) is 0 Å². The molecule has 0 amide bonds. The molecular weight excluding hydrogens is 224 g/mol. The summed E-state index contributed by atoms with van der Waals surface area (Å²) < 4.78 is 5.55. The third-order valence-corrected chi connectivity index (χ3v) is 4.07. The van der Waals surface area contributed by atoms with E-state index in [0.717, 1.165) is 31.4 Å². The Morgan fingerprint density at radius 3 is 2.61 bits per heavy atom. The Morgan fingerprint density at radius 1 is 1.28 bits per heavy atom. The van der Waals surface area contributed by atoms with Crippen LogP contribution in [0.3, 0.4) is 0 Å². The molecule has 0 radical (unpaired) electrons. The van der Waals surface area contributed by atoms with E-state index >= 15 is 0 Å². The molecule has 1 atom stereocenters. The van der Waals surface area contributed by atoms with Gasteiger partial charge in [-0.05, 0) is 62.6 Å². The number of ether oxygens (including phenoxy) is 1. The average molecular weight is 248 g/mol. The number of aliphatic hydroxyl groups is 1. The van der Waals surface area contributed by atoms with Gasteiger partial charge in [0.05, 0.1) is 12.2 Å².